The first-order valence-electron chi connectivity index (χ1n) is 12.4. The van der Waals surface area contributed by atoms with E-state index in [2.05, 4.69) is 33.1 Å². The summed E-state index contributed by atoms with van der Waals surface area (Å²) in [4.78, 5) is 19.6. The molecule has 0 spiro atoms. The van der Waals surface area contributed by atoms with Crippen LogP contribution in [-0.4, -0.2) is 26.8 Å². The number of thioether (sulfide) groups is 1. The molecular formula is C29H27BrN4O3S. The Hall–Kier alpha value is -3.43. The first-order valence-corrected chi connectivity index (χ1v) is 14.2. The molecule has 194 valence electrons. The molecule has 0 radical (unpaired) electrons. The molecule has 0 saturated heterocycles. The number of carbonyl (C=O) groups excluding carboxylic acids is 1. The van der Waals surface area contributed by atoms with Crippen molar-refractivity contribution >= 4 is 39.3 Å². The Balaban J connectivity index is 1.61. The van der Waals surface area contributed by atoms with Crippen LogP contribution in [0.5, 0.6) is 11.6 Å². The van der Waals surface area contributed by atoms with E-state index in [-0.39, 0.29) is 5.91 Å². The number of unbranched alkanes of at least 4 members (excludes halogenated alkanes) is 1. The summed E-state index contributed by atoms with van der Waals surface area (Å²) in [5.74, 6) is 1.64. The number of ether oxygens (including phenoxy) is 2. The van der Waals surface area contributed by atoms with E-state index in [0.717, 1.165) is 34.2 Å². The van der Waals surface area contributed by atoms with Gasteiger partial charge in [0, 0.05) is 22.7 Å². The second kappa shape index (κ2) is 12.0. The number of rotatable bonds is 8. The van der Waals surface area contributed by atoms with Gasteiger partial charge in [0.15, 0.2) is 5.69 Å². The van der Waals surface area contributed by atoms with Gasteiger partial charge in [-0.05, 0) is 36.2 Å². The van der Waals surface area contributed by atoms with Gasteiger partial charge >= 0.3 is 0 Å². The molecule has 1 amide bonds. The molecule has 3 aromatic carbocycles. The van der Waals surface area contributed by atoms with Gasteiger partial charge in [-0.25, -0.2) is 0 Å². The van der Waals surface area contributed by atoms with Crippen molar-refractivity contribution in [3.05, 3.63) is 88.4 Å². The number of para-hydroxylation sites is 1. The number of halogens is 1. The number of aromatic nitrogens is 3. The Morgan fingerprint density at radius 2 is 1.87 bits per heavy atom. The Labute approximate surface area is 234 Å². The SMILES string of the molecule is CCCCSc1nnc2c(n1)O[C@@H](c1cc(Br)ccc1OCc1ccccc1)N(C(C)=O)c1ccccc1-2. The van der Waals surface area contributed by atoms with Crippen molar-refractivity contribution in [3.63, 3.8) is 0 Å². The molecule has 7 nitrogen and oxygen atoms in total. The van der Waals surface area contributed by atoms with E-state index < -0.39 is 6.23 Å². The minimum Gasteiger partial charge on any atom is -0.488 e. The summed E-state index contributed by atoms with van der Waals surface area (Å²) >= 11 is 5.13. The minimum atomic E-state index is -0.844. The summed E-state index contributed by atoms with van der Waals surface area (Å²) in [6.45, 7) is 4.04. The molecule has 0 fully saturated rings. The first kappa shape index (κ1) is 26.2. The maximum atomic E-state index is 13.2. The van der Waals surface area contributed by atoms with E-state index in [1.165, 1.54) is 6.92 Å². The van der Waals surface area contributed by atoms with Crippen LogP contribution in [0.4, 0.5) is 5.69 Å². The van der Waals surface area contributed by atoms with Crippen LogP contribution in [0.3, 0.4) is 0 Å². The zero-order valence-corrected chi connectivity index (χ0v) is 23.5. The molecule has 1 aromatic heterocycles. The van der Waals surface area contributed by atoms with Gasteiger partial charge in [0.05, 0.1) is 11.3 Å². The third kappa shape index (κ3) is 5.68. The molecular weight excluding hydrogens is 564 g/mol. The highest BCUT2D eigenvalue weighted by Crippen LogP contribution is 2.45. The summed E-state index contributed by atoms with van der Waals surface area (Å²) < 4.78 is 13.7. The van der Waals surface area contributed by atoms with E-state index >= 15 is 0 Å². The number of carbonyl (C=O) groups is 1. The summed E-state index contributed by atoms with van der Waals surface area (Å²) in [6, 6.07) is 23.2. The van der Waals surface area contributed by atoms with Crippen LogP contribution in [0, 0.1) is 0 Å². The lowest BCUT2D eigenvalue weighted by molar-refractivity contribution is -0.118. The number of amides is 1. The lowest BCUT2D eigenvalue weighted by Gasteiger charge is -2.31. The average molecular weight is 592 g/mol. The van der Waals surface area contributed by atoms with E-state index in [0.29, 0.717) is 40.3 Å². The van der Waals surface area contributed by atoms with Crippen LogP contribution in [0.25, 0.3) is 11.3 Å². The molecule has 0 bridgehead atoms. The van der Waals surface area contributed by atoms with Crippen molar-refractivity contribution in [1.29, 1.82) is 0 Å². The van der Waals surface area contributed by atoms with Gasteiger partial charge in [0.1, 0.15) is 12.4 Å². The molecule has 1 atom stereocenters. The standard InChI is InChI=1S/C29H27BrN4O3S/c1-3-4-16-38-29-31-27-26(32-33-29)22-12-8-9-13-24(22)34(19(2)35)28(37-27)23-17-21(30)14-15-25(23)36-18-20-10-6-5-7-11-20/h5-15,17,28H,3-4,16,18H2,1-2H3/t28-/m0/s1. The fourth-order valence-electron chi connectivity index (χ4n) is 4.20. The molecule has 0 aliphatic carbocycles. The van der Waals surface area contributed by atoms with Gasteiger partial charge in [-0.1, -0.05) is 89.6 Å². The van der Waals surface area contributed by atoms with Gasteiger partial charge in [-0.3, -0.25) is 9.69 Å². The highest BCUT2D eigenvalue weighted by Gasteiger charge is 2.36. The number of hydrogen-bond donors (Lipinski definition) is 0. The smallest absolute Gasteiger partial charge is 0.247 e. The van der Waals surface area contributed by atoms with E-state index in [1.54, 1.807) is 16.7 Å². The number of hydrogen-bond acceptors (Lipinski definition) is 7. The van der Waals surface area contributed by atoms with Crippen LogP contribution in [0.2, 0.25) is 0 Å². The number of fused-ring (bicyclic) bond motifs is 3. The fraction of sp³-hybridized carbons (Fsp3) is 0.241. The highest BCUT2D eigenvalue weighted by atomic mass is 79.9. The van der Waals surface area contributed by atoms with E-state index in [4.69, 9.17) is 14.5 Å². The summed E-state index contributed by atoms with van der Waals surface area (Å²) in [6.07, 6.45) is 1.29. The Kier molecular flexibility index (Phi) is 8.24. The van der Waals surface area contributed by atoms with Gasteiger partial charge in [0.25, 0.3) is 0 Å². The summed E-state index contributed by atoms with van der Waals surface area (Å²) in [5, 5.41) is 9.39. The molecule has 1 aliphatic heterocycles. The Morgan fingerprint density at radius 1 is 1.08 bits per heavy atom. The maximum Gasteiger partial charge on any atom is 0.247 e. The Morgan fingerprint density at radius 3 is 2.66 bits per heavy atom. The zero-order valence-electron chi connectivity index (χ0n) is 21.1. The quantitative estimate of drug-likeness (QED) is 0.158. The van der Waals surface area contributed by atoms with E-state index in [9.17, 15) is 4.79 Å². The van der Waals surface area contributed by atoms with Crippen LogP contribution < -0.4 is 14.4 Å². The van der Waals surface area contributed by atoms with Crippen LogP contribution in [0.15, 0.2) is 82.4 Å². The predicted molar refractivity (Wildman–Crippen MR) is 152 cm³/mol. The third-order valence-corrected chi connectivity index (χ3v) is 7.47. The second-order valence-corrected chi connectivity index (χ2v) is 10.8. The number of benzene rings is 3. The highest BCUT2D eigenvalue weighted by molar-refractivity contribution is 9.10. The van der Waals surface area contributed by atoms with Crippen molar-refractivity contribution in [2.24, 2.45) is 0 Å². The van der Waals surface area contributed by atoms with Gasteiger partial charge in [-0.2, -0.15) is 4.98 Å². The lowest BCUT2D eigenvalue weighted by Crippen LogP contribution is -2.36. The molecule has 0 N–H and O–H groups in total. The summed E-state index contributed by atoms with van der Waals surface area (Å²) in [5.41, 5.74) is 3.61. The monoisotopic (exact) mass is 590 g/mol. The van der Waals surface area contributed by atoms with Crippen LogP contribution >= 0.6 is 27.7 Å². The molecule has 9 heteroatoms. The summed E-state index contributed by atoms with van der Waals surface area (Å²) in [7, 11) is 0. The van der Waals surface area contributed by atoms with E-state index in [1.807, 2.05) is 72.8 Å². The van der Waals surface area contributed by atoms with Crippen molar-refractivity contribution in [2.45, 2.75) is 44.7 Å². The van der Waals surface area contributed by atoms with Crippen molar-refractivity contribution in [2.75, 3.05) is 10.7 Å². The average Bonchev–Trinajstić information content (AvgIpc) is 3.07. The molecule has 0 saturated carbocycles. The molecule has 1 aliphatic rings. The van der Waals surface area contributed by atoms with Gasteiger partial charge in [-0.15, -0.1) is 10.2 Å². The Bertz CT molecular complexity index is 1440. The van der Waals surface area contributed by atoms with Crippen LogP contribution in [-0.2, 0) is 11.4 Å². The molecule has 4 aromatic rings. The molecule has 5 rings (SSSR count). The largest absolute Gasteiger partial charge is 0.488 e. The minimum absolute atomic E-state index is 0.185. The fourth-order valence-corrected chi connectivity index (χ4v) is 5.44. The van der Waals surface area contributed by atoms with Crippen molar-refractivity contribution in [3.8, 4) is 22.9 Å². The predicted octanol–water partition coefficient (Wildman–Crippen LogP) is 7.22. The lowest BCUT2D eigenvalue weighted by atomic mass is 10.1. The van der Waals surface area contributed by atoms with Crippen LogP contribution in [0.1, 0.15) is 44.0 Å². The molecule has 2 heterocycles. The third-order valence-electron chi connectivity index (χ3n) is 6.06. The zero-order chi connectivity index (χ0) is 26.5. The topological polar surface area (TPSA) is 77.4 Å². The van der Waals surface area contributed by atoms with Gasteiger partial charge in [0.2, 0.25) is 23.2 Å². The normalized spacial score (nSPS) is 14.2. The van der Waals surface area contributed by atoms with Crippen molar-refractivity contribution in [1.82, 2.24) is 15.2 Å². The van der Waals surface area contributed by atoms with Crippen molar-refractivity contribution < 1.29 is 14.3 Å². The maximum absolute atomic E-state index is 13.2. The van der Waals surface area contributed by atoms with Gasteiger partial charge < -0.3 is 9.47 Å². The molecule has 38 heavy (non-hydrogen) atoms. The number of anilines is 1. The first-order chi connectivity index (χ1) is 18.5. The number of nitrogens with zero attached hydrogens (tertiary/aromatic N) is 4. The second-order valence-electron chi connectivity index (χ2n) is 8.78. The molecule has 0 unspecified atom stereocenters.